The van der Waals surface area contributed by atoms with Crippen LogP contribution in [0.15, 0.2) is 48.5 Å². The molecule has 2 unspecified atom stereocenters. The second-order valence-corrected chi connectivity index (χ2v) is 11.5. The number of hydrogen-bond acceptors (Lipinski definition) is 6. The smallest absolute Gasteiger partial charge is 0.298 e. The maximum Gasteiger partial charge on any atom is 0.298 e. The number of aromatic nitrogens is 2. The Kier molecular flexibility index (Phi) is 5.84. The van der Waals surface area contributed by atoms with Gasteiger partial charge >= 0.3 is 0 Å². The van der Waals surface area contributed by atoms with E-state index < -0.39 is 0 Å². The molecule has 5 rings (SSSR count). The summed E-state index contributed by atoms with van der Waals surface area (Å²) in [5.74, 6) is 1.80. The number of nitrogens with zero attached hydrogens (tertiary/aromatic N) is 3. The standard InChI is InChI=1S/C27H31N3O3S/c1-26(2)14-20-15-27(3,16-26)17-30(20)24(31)19-10-11-21(32-4)22(13-19)33-25-28-23(29-34-25)12-18-8-6-5-7-9-18/h5-11,13,20H,12,14-17H2,1-4H3. The molecule has 1 aromatic heterocycles. The van der Waals surface area contributed by atoms with E-state index in [0.29, 0.717) is 34.5 Å². The number of carbonyl (C=O) groups excluding carboxylic acids is 1. The Balaban J connectivity index is 1.35. The molecule has 7 heteroatoms. The van der Waals surface area contributed by atoms with E-state index in [9.17, 15) is 4.79 Å². The summed E-state index contributed by atoms with van der Waals surface area (Å²) in [6.45, 7) is 7.76. The Morgan fingerprint density at radius 2 is 1.91 bits per heavy atom. The fourth-order valence-corrected chi connectivity index (χ4v) is 6.54. The van der Waals surface area contributed by atoms with Gasteiger partial charge in [-0.05, 0) is 53.9 Å². The fraction of sp³-hybridized carbons (Fsp3) is 0.444. The molecule has 3 aromatic rings. The van der Waals surface area contributed by atoms with Crippen molar-refractivity contribution in [2.24, 2.45) is 10.8 Å². The minimum atomic E-state index is 0.0564. The molecule has 178 valence electrons. The molecular weight excluding hydrogens is 446 g/mol. The van der Waals surface area contributed by atoms with Gasteiger partial charge in [0.2, 0.25) is 0 Å². The average molecular weight is 478 g/mol. The molecule has 2 bridgehead atoms. The Labute approximate surface area is 205 Å². The van der Waals surface area contributed by atoms with Crippen LogP contribution in [0.5, 0.6) is 16.7 Å². The number of hydrogen-bond donors (Lipinski definition) is 0. The lowest BCUT2D eigenvalue weighted by Crippen LogP contribution is -2.37. The van der Waals surface area contributed by atoms with Crippen LogP contribution in [-0.2, 0) is 6.42 Å². The van der Waals surface area contributed by atoms with E-state index in [2.05, 4.69) is 47.2 Å². The van der Waals surface area contributed by atoms with Gasteiger partial charge in [0.25, 0.3) is 11.1 Å². The zero-order chi connectivity index (χ0) is 23.9. The van der Waals surface area contributed by atoms with Crippen molar-refractivity contribution >= 4 is 17.4 Å². The number of ether oxygens (including phenoxy) is 2. The van der Waals surface area contributed by atoms with Crippen LogP contribution in [0.4, 0.5) is 0 Å². The second-order valence-electron chi connectivity index (χ2n) is 10.8. The predicted molar refractivity (Wildman–Crippen MR) is 133 cm³/mol. The van der Waals surface area contributed by atoms with Crippen LogP contribution in [-0.4, -0.2) is 39.9 Å². The lowest BCUT2D eigenvalue weighted by atomic mass is 9.65. The number of methoxy groups -OCH3 is 1. The number of amides is 1. The second kappa shape index (κ2) is 8.69. The quantitative estimate of drug-likeness (QED) is 0.438. The average Bonchev–Trinajstić information content (AvgIpc) is 3.33. The molecule has 1 aliphatic heterocycles. The Morgan fingerprint density at radius 1 is 1.12 bits per heavy atom. The molecule has 2 atom stereocenters. The Morgan fingerprint density at radius 3 is 2.68 bits per heavy atom. The summed E-state index contributed by atoms with van der Waals surface area (Å²) < 4.78 is 16.0. The summed E-state index contributed by atoms with van der Waals surface area (Å²) in [7, 11) is 1.59. The van der Waals surface area contributed by atoms with E-state index in [4.69, 9.17) is 9.47 Å². The van der Waals surface area contributed by atoms with Crippen molar-refractivity contribution in [2.45, 2.75) is 52.5 Å². The zero-order valence-electron chi connectivity index (χ0n) is 20.2. The third kappa shape index (κ3) is 4.67. The van der Waals surface area contributed by atoms with E-state index >= 15 is 0 Å². The number of fused-ring (bicyclic) bond motifs is 2. The van der Waals surface area contributed by atoms with E-state index in [1.54, 1.807) is 19.2 Å². The van der Waals surface area contributed by atoms with Crippen molar-refractivity contribution in [1.29, 1.82) is 0 Å². The third-order valence-electron chi connectivity index (χ3n) is 6.94. The van der Waals surface area contributed by atoms with E-state index in [0.717, 1.165) is 31.4 Å². The highest BCUT2D eigenvalue weighted by Gasteiger charge is 2.51. The molecule has 1 saturated carbocycles. The molecule has 2 aliphatic rings. The lowest BCUT2D eigenvalue weighted by Gasteiger charge is -2.39. The number of benzene rings is 2. The van der Waals surface area contributed by atoms with Gasteiger partial charge in [-0.2, -0.15) is 9.36 Å². The van der Waals surface area contributed by atoms with Crippen molar-refractivity contribution in [1.82, 2.24) is 14.3 Å². The van der Waals surface area contributed by atoms with Gasteiger partial charge < -0.3 is 14.4 Å². The molecule has 1 aliphatic carbocycles. The number of rotatable bonds is 6. The van der Waals surface area contributed by atoms with E-state index in [1.807, 2.05) is 24.3 Å². The molecule has 2 heterocycles. The van der Waals surface area contributed by atoms with Gasteiger partial charge in [0.15, 0.2) is 17.3 Å². The first-order chi connectivity index (χ1) is 16.2. The molecular formula is C27H31N3O3S. The van der Waals surface area contributed by atoms with Crippen LogP contribution in [0.1, 0.15) is 61.8 Å². The molecule has 2 fully saturated rings. The lowest BCUT2D eigenvalue weighted by molar-refractivity contribution is 0.0708. The van der Waals surface area contributed by atoms with Gasteiger partial charge in [-0.1, -0.05) is 51.1 Å². The zero-order valence-corrected chi connectivity index (χ0v) is 21.0. The first-order valence-electron chi connectivity index (χ1n) is 11.8. The fourth-order valence-electron chi connectivity index (χ4n) is 5.98. The van der Waals surface area contributed by atoms with Gasteiger partial charge in [-0.3, -0.25) is 4.79 Å². The van der Waals surface area contributed by atoms with Gasteiger partial charge in [0.05, 0.1) is 7.11 Å². The summed E-state index contributed by atoms with van der Waals surface area (Å²) >= 11 is 1.20. The minimum Gasteiger partial charge on any atom is -0.493 e. The van der Waals surface area contributed by atoms with Crippen LogP contribution >= 0.6 is 11.5 Å². The largest absolute Gasteiger partial charge is 0.493 e. The molecule has 34 heavy (non-hydrogen) atoms. The topological polar surface area (TPSA) is 64.5 Å². The van der Waals surface area contributed by atoms with Crippen molar-refractivity contribution in [3.63, 3.8) is 0 Å². The highest BCUT2D eigenvalue weighted by atomic mass is 32.1. The minimum absolute atomic E-state index is 0.0564. The van der Waals surface area contributed by atoms with Crippen LogP contribution in [0.2, 0.25) is 0 Å². The first-order valence-corrected chi connectivity index (χ1v) is 12.5. The summed E-state index contributed by atoms with van der Waals surface area (Å²) in [5.41, 5.74) is 2.20. The van der Waals surface area contributed by atoms with E-state index in [1.165, 1.54) is 11.5 Å². The van der Waals surface area contributed by atoms with Crippen molar-refractivity contribution < 1.29 is 14.3 Å². The van der Waals surface area contributed by atoms with Gasteiger partial charge in [0, 0.05) is 36.1 Å². The van der Waals surface area contributed by atoms with Crippen LogP contribution in [0, 0.1) is 10.8 Å². The molecule has 1 saturated heterocycles. The normalized spacial score (nSPS) is 23.1. The predicted octanol–water partition coefficient (Wildman–Crippen LogP) is 5.97. The van der Waals surface area contributed by atoms with Crippen LogP contribution in [0.25, 0.3) is 0 Å². The summed E-state index contributed by atoms with van der Waals surface area (Å²) in [5, 5.41) is 0.431. The number of carbonyl (C=O) groups is 1. The summed E-state index contributed by atoms with van der Waals surface area (Å²) in [6, 6.07) is 15.8. The Hall–Kier alpha value is -2.93. The Bertz CT molecular complexity index is 1190. The highest BCUT2D eigenvalue weighted by Crippen LogP contribution is 2.52. The third-order valence-corrected chi connectivity index (χ3v) is 7.57. The molecule has 6 nitrogen and oxygen atoms in total. The van der Waals surface area contributed by atoms with Gasteiger partial charge in [0.1, 0.15) is 0 Å². The molecule has 1 amide bonds. The molecule has 0 radical (unpaired) electrons. The van der Waals surface area contributed by atoms with Gasteiger partial charge in [-0.25, -0.2) is 0 Å². The van der Waals surface area contributed by atoms with Crippen molar-refractivity contribution in [2.75, 3.05) is 13.7 Å². The maximum atomic E-state index is 13.6. The molecule has 2 aromatic carbocycles. The monoisotopic (exact) mass is 477 g/mol. The summed E-state index contributed by atoms with van der Waals surface area (Å²) in [6.07, 6.45) is 3.92. The van der Waals surface area contributed by atoms with E-state index in [-0.39, 0.29) is 22.8 Å². The number of likely N-dealkylation sites (tertiary alicyclic amines) is 1. The van der Waals surface area contributed by atoms with Crippen LogP contribution < -0.4 is 9.47 Å². The molecule has 0 N–H and O–H groups in total. The van der Waals surface area contributed by atoms with Crippen LogP contribution in [0.3, 0.4) is 0 Å². The first kappa shape index (κ1) is 22.8. The van der Waals surface area contributed by atoms with Crippen molar-refractivity contribution in [3.05, 3.63) is 65.5 Å². The maximum absolute atomic E-state index is 13.6. The highest BCUT2D eigenvalue weighted by molar-refractivity contribution is 7.07. The SMILES string of the molecule is COc1ccc(C(=O)N2CC3(C)CC2CC(C)(C)C3)cc1Oc1nc(Cc2ccccc2)ns1. The molecule has 0 spiro atoms. The summed E-state index contributed by atoms with van der Waals surface area (Å²) in [4.78, 5) is 20.2. The van der Waals surface area contributed by atoms with Gasteiger partial charge in [-0.15, -0.1) is 0 Å². The van der Waals surface area contributed by atoms with Crippen molar-refractivity contribution in [3.8, 4) is 16.7 Å².